The summed E-state index contributed by atoms with van der Waals surface area (Å²) in [7, 11) is 3.00. The van der Waals surface area contributed by atoms with Gasteiger partial charge in [-0.25, -0.2) is 0 Å². The molecule has 1 N–H and O–H groups in total. The zero-order valence-electron chi connectivity index (χ0n) is 15.8. The number of methoxy groups -OCH3 is 2. The molecule has 0 aliphatic carbocycles. The molecule has 29 heavy (non-hydrogen) atoms. The summed E-state index contributed by atoms with van der Waals surface area (Å²) >= 11 is 5.95. The van der Waals surface area contributed by atoms with E-state index in [4.69, 9.17) is 25.9 Å². The minimum absolute atomic E-state index is 0.0801. The molecule has 0 atom stereocenters. The highest BCUT2D eigenvalue weighted by molar-refractivity contribution is 6.30. The standard InChI is InChI=1S/C21H19ClN2O5/c1-27-16-8-9-19(28-2)18(12-16)23-20(25)17-7-4-10-24(21(17)26)29-13-14-5-3-6-15(22)11-14/h3-12H,13H2,1-2H3,(H,23,25). The number of carbonyl (C=O) groups excluding carboxylic acids is 1. The molecule has 1 amide bonds. The van der Waals surface area contributed by atoms with Gasteiger partial charge in [0, 0.05) is 17.3 Å². The van der Waals surface area contributed by atoms with Crippen molar-refractivity contribution in [1.29, 1.82) is 0 Å². The van der Waals surface area contributed by atoms with Crippen LogP contribution in [0.15, 0.2) is 65.6 Å². The number of ether oxygens (including phenoxy) is 2. The van der Waals surface area contributed by atoms with Gasteiger partial charge < -0.3 is 19.6 Å². The molecule has 0 fully saturated rings. The van der Waals surface area contributed by atoms with E-state index in [1.165, 1.54) is 26.5 Å². The highest BCUT2D eigenvalue weighted by Crippen LogP contribution is 2.29. The maximum absolute atomic E-state index is 12.7. The largest absolute Gasteiger partial charge is 0.497 e. The van der Waals surface area contributed by atoms with Gasteiger partial charge in [-0.2, -0.15) is 4.73 Å². The highest BCUT2D eigenvalue weighted by Gasteiger charge is 2.16. The number of halogens is 1. The van der Waals surface area contributed by atoms with Crippen molar-refractivity contribution in [2.24, 2.45) is 0 Å². The van der Waals surface area contributed by atoms with Gasteiger partial charge >= 0.3 is 0 Å². The number of aromatic nitrogens is 1. The lowest BCUT2D eigenvalue weighted by Gasteiger charge is -2.13. The second-order valence-corrected chi connectivity index (χ2v) is 6.41. The van der Waals surface area contributed by atoms with E-state index >= 15 is 0 Å². The van der Waals surface area contributed by atoms with E-state index in [2.05, 4.69) is 5.32 Å². The molecule has 0 saturated heterocycles. The summed E-state index contributed by atoms with van der Waals surface area (Å²) in [5.41, 5.74) is 0.504. The van der Waals surface area contributed by atoms with Crippen LogP contribution in [0.4, 0.5) is 5.69 Å². The van der Waals surface area contributed by atoms with Crippen LogP contribution in [0.5, 0.6) is 11.5 Å². The van der Waals surface area contributed by atoms with Crippen LogP contribution in [0, 0.1) is 0 Å². The summed E-state index contributed by atoms with van der Waals surface area (Å²) in [5.74, 6) is 0.381. The molecule has 0 unspecified atom stereocenters. The topological polar surface area (TPSA) is 78.8 Å². The number of rotatable bonds is 7. The monoisotopic (exact) mass is 414 g/mol. The molecule has 3 aromatic rings. The quantitative estimate of drug-likeness (QED) is 0.641. The second kappa shape index (κ2) is 9.16. The molecule has 2 aromatic carbocycles. The van der Waals surface area contributed by atoms with Crippen molar-refractivity contribution in [3.8, 4) is 11.5 Å². The van der Waals surface area contributed by atoms with E-state index in [-0.39, 0.29) is 12.2 Å². The number of hydrogen-bond acceptors (Lipinski definition) is 5. The summed E-state index contributed by atoms with van der Waals surface area (Å²) in [6.45, 7) is 0.120. The van der Waals surface area contributed by atoms with Gasteiger partial charge in [-0.3, -0.25) is 9.59 Å². The van der Waals surface area contributed by atoms with Gasteiger partial charge in [0.05, 0.1) is 19.9 Å². The Hall–Kier alpha value is -3.45. The first-order valence-electron chi connectivity index (χ1n) is 8.64. The summed E-state index contributed by atoms with van der Waals surface area (Å²) < 4.78 is 11.4. The van der Waals surface area contributed by atoms with E-state index in [1.54, 1.807) is 42.5 Å². The second-order valence-electron chi connectivity index (χ2n) is 5.98. The Bertz CT molecular complexity index is 1080. The van der Waals surface area contributed by atoms with Crippen LogP contribution in [0.25, 0.3) is 0 Å². The lowest BCUT2D eigenvalue weighted by Crippen LogP contribution is -2.32. The van der Waals surface area contributed by atoms with Crippen LogP contribution in [-0.4, -0.2) is 24.9 Å². The Morgan fingerprint density at radius 1 is 1.07 bits per heavy atom. The number of benzene rings is 2. The molecule has 1 heterocycles. The fourth-order valence-electron chi connectivity index (χ4n) is 2.62. The lowest BCUT2D eigenvalue weighted by molar-refractivity contribution is 0.0863. The predicted molar refractivity (Wildman–Crippen MR) is 110 cm³/mol. The van der Waals surface area contributed by atoms with E-state index in [9.17, 15) is 9.59 Å². The number of nitrogens with zero attached hydrogens (tertiary/aromatic N) is 1. The first-order chi connectivity index (χ1) is 14.0. The number of amides is 1. The zero-order valence-corrected chi connectivity index (χ0v) is 16.6. The summed E-state index contributed by atoms with van der Waals surface area (Å²) in [5, 5.41) is 3.24. The van der Waals surface area contributed by atoms with Crippen LogP contribution >= 0.6 is 11.6 Å². The first-order valence-corrected chi connectivity index (χ1v) is 9.02. The maximum atomic E-state index is 12.7. The van der Waals surface area contributed by atoms with Gasteiger partial charge in [-0.1, -0.05) is 23.7 Å². The van der Waals surface area contributed by atoms with Crippen molar-refractivity contribution in [2.75, 3.05) is 19.5 Å². The molecule has 1 aromatic heterocycles. The van der Waals surface area contributed by atoms with Crippen molar-refractivity contribution < 1.29 is 19.1 Å². The average molecular weight is 415 g/mol. The molecular formula is C21H19ClN2O5. The Balaban J connectivity index is 1.80. The van der Waals surface area contributed by atoms with Crippen molar-refractivity contribution in [3.63, 3.8) is 0 Å². The summed E-state index contributed by atoms with van der Waals surface area (Å²) in [6.07, 6.45) is 1.44. The van der Waals surface area contributed by atoms with Gasteiger partial charge in [-0.05, 0) is 42.0 Å². The number of carbonyl (C=O) groups is 1. The molecule has 150 valence electrons. The predicted octanol–water partition coefficient (Wildman–Crippen LogP) is 3.40. The van der Waals surface area contributed by atoms with E-state index in [1.807, 2.05) is 6.07 Å². The number of hydrogen-bond donors (Lipinski definition) is 1. The van der Waals surface area contributed by atoms with E-state index in [0.717, 1.165) is 10.3 Å². The van der Waals surface area contributed by atoms with Gasteiger partial charge in [0.25, 0.3) is 11.5 Å². The zero-order chi connectivity index (χ0) is 20.8. The lowest BCUT2D eigenvalue weighted by atomic mass is 10.2. The third-order valence-corrected chi connectivity index (χ3v) is 4.31. The van der Waals surface area contributed by atoms with Gasteiger partial charge in [0.2, 0.25) is 0 Å². The van der Waals surface area contributed by atoms with Crippen molar-refractivity contribution in [3.05, 3.63) is 87.3 Å². The molecule has 8 heteroatoms. The summed E-state index contributed by atoms with van der Waals surface area (Å²) in [6, 6.07) is 15.0. The molecule has 0 aliphatic heterocycles. The molecular weight excluding hydrogens is 396 g/mol. The third-order valence-electron chi connectivity index (χ3n) is 4.07. The van der Waals surface area contributed by atoms with Gasteiger partial charge in [0.15, 0.2) is 0 Å². The van der Waals surface area contributed by atoms with Crippen molar-refractivity contribution in [1.82, 2.24) is 4.73 Å². The fraction of sp³-hybridized carbons (Fsp3) is 0.143. The molecule has 0 bridgehead atoms. The minimum Gasteiger partial charge on any atom is -0.497 e. The van der Waals surface area contributed by atoms with Crippen molar-refractivity contribution >= 4 is 23.2 Å². The molecule has 0 spiro atoms. The first kappa shape index (κ1) is 20.3. The third kappa shape index (κ3) is 4.89. The van der Waals surface area contributed by atoms with Crippen LogP contribution in [-0.2, 0) is 6.61 Å². The Labute approximate surface area is 172 Å². The van der Waals surface area contributed by atoms with Crippen LogP contribution in [0.3, 0.4) is 0 Å². The SMILES string of the molecule is COc1ccc(OC)c(NC(=O)c2cccn(OCc3cccc(Cl)c3)c2=O)c1. The molecule has 0 saturated carbocycles. The fourth-order valence-corrected chi connectivity index (χ4v) is 2.83. The average Bonchev–Trinajstić information content (AvgIpc) is 2.73. The van der Waals surface area contributed by atoms with Gasteiger partial charge in [0.1, 0.15) is 23.7 Å². The Morgan fingerprint density at radius 2 is 1.90 bits per heavy atom. The van der Waals surface area contributed by atoms with Crippen LogP contribution < -0.4 is 25.2 Å². The number of nitrogens with one attached hydrogen (secondary N) is 1. The number of pyridine rings is 1. The van der Waals surface area contributed by atoms with Gasteiger partial charge in [-0.15, -0.1) is 0 Å². The maximum Gasteiger partial charge on any atom is 0.295 e. The van der Waals surface area contributed by atoms with Crippen LogP contribution in [0.1, 0.15) is 15.9 Å². The highest BCUT2D eigenvalue weighted by atomic mass is 35.5. The Kier molecular flexibility index (Phi) is 6.41. The molecule has 0 radical (unpaired) electrons. The minimum atomic E-state index is -0.595. The molecule has 3 rings (SSSR count). The number of anilines is 1. The molecule has 7 nitrogen and oxygen atoms in total. The Morgan fingerprint density at radius 3 is 2.62 bits per heavy atom. The smallest absolute Gasteiger partial charge is 0.295 e. The normalized spacial score (nSPS) is 10.3. The van der Waals surface area contributed by atoms with E-state index in [0.29, 0.717) is 22.2 Å². The molecule has 0 aliphatic rings. The summed E-state index contributed by atoms with van der Waals surface area (Å²) in [4.78, 5) is 30.9. The van der Waals surface area contributed by atoms with Crippen LogP contribution in [0.2, 0.25) is 5.02 Å². The van der Waals surface area contributed by atoms with Crippen molar-refractivity contribution in [2.45, 2.75) is 6.61 Å². The van der Waals surface area contributed by atoms with E-state index < -0.39 is 11.5 Å².